The minimum atomic E-state index is 0.0342. The second-order valence-corrected chi connectivity index (χ2v) is 8.27. The van der Waals surface area contributed by atoms with Crippen LogP contribution >= 0.6 is 0 Å². The molecule has 3 rings (SSSR count). The molecule has 30 heavy (non-hydrogen) atoms. The first kappa shape index (κ1) is 21.8. The summed E-state index contributed by atoms with van der Waals surface area (Å²) >= 11 is 0. The number of carbonyl (C=O) groups is 1. The number of hydrogen-bond donors (Lipinski definition) is 2. The predicted octanol–water partition coefficient (Wildman–Crippen LogP) is 3.70. The van der Waals surface area contributed by atoms with Crippen molar-refractivity contribution in [2.75, 3.05) is 20.7 Å². The summed E-state index contributed by atoms with van der Waals surface area (Å²) in [6, 6.07) is 14.4. The Morgan fingerprint density at radius 2 is 2.00 bits per heavy atom. The zero-order chi connectivity index (χ0) is 21.5. The Kier molecular flexibility index (Phi) is 7.46. The number of benzene rings is 2. The van der Waals surface area contributed by atoms with Gasteiger partial charge in [0.25, 0.3) is 0 Å². The lowest BCUT2D eigenvalue weighted by atomic mass is 10.1. The van der Waals surface area contributed by atoms with Crippen molar-refractivity contribution in [1.82, 2.24) is 20.2 Å². The van der Waals surface area contributed by atoms with Gasteiger partial charge in [0.1, 0.15) is 11.6 Å². The number of carbonyl (C=O) groups excluding carboxylic acids is 1. The molecule has 0 saturated carbocycles. The molecule has 160 valence electrons. The van der Waals surface area contributed by atoms with Crippen LogP contribution in [0.15, 0.2) is 42.5 Å². The highest BCUT2D eigenvalue weighted by Gasteiger charge is 2.08. The molecule has 0 saturated heterocycles. The maximum Gasteiger partial charge on any atom is 0.224 e. The molecule has 0 aliphatic rings. The van der Waals surface area contributed by atoms with Crippen LogP contribution in [0.2, 0.25) is 0 Å². The molecule has 3 aromatic rings. The molecule has 0 aliphatic carbocycles. The second-order valence-electron chi connectivity index (χ2n) is 8.27. The van der Waals surface area contributed by atoms with Crippen molar-refractivity contribution >= 4 is 16.9 Å². The van der Waals surface area contributed by atoms with E-state index in [-0.39, 0.29) is 11.9 Å². The highest BCUT2D eigenvalue weighted by atomic mass is 16.5. The van der Waals surface area contributed by atoms with Crippen molar-refractivity contribution in [3.63, 3.8) is 0 Å². The molecule has 6 heteroatoms. The Morgan fingerprint density at radius 3 is 2.77 bits per heavy atom. The normalized spacial score (nSPS) is 11.4. The molecular weight excluding hydrogens is 376 g/mol. The maximum absolute atomic E-state index is 12.0. The van der Waals surface area contributed by atoms with Crippen LogP contribution in [0, 0.1) is 0 Å². The van der Waals surface area contributed by atoms with E-state index in [1.807, 2.05) is 44.2 Å². The highest BCUT2D eigenvalue weighted by molar-refractivity contribution is 5.81. The predicted molar refractivity (Wildman–Crippen MR) is 121 cm³/mol. The van der Waals surface area contributed by atoms with Crippen LogP contribution in [-0.2, 0) is 24.2 Å². The summed E-state index contributed by atoms with van der Waals surface area (Å²) < 4.78 is 5.91. The molecule has 0 radical (unpaired) electrons. The molecule has 0 atom stereocenters. The van der Waals surface area contributed by atoms with Gasteiger partial charge in [-0.15, -0.1) is 0 Å². The Hall–Kier alpha value is -2.86. The fraction of sp³-hybridized carbons (Fsp3) is 0.417. The zero-order valence-electron chi connectivity index (χ0n) is 18.4. The topological polar surface area (TPSA) is 70.2 Å². The number of nitrogens with zero attached hydrogens (tertiary/aromatic N) is 2. The molecule has 2 N–H and O–H groups in total. The molecule has 1 aromatic heterocycles. The summed E-state index contributed by atoms with van der Waals surface area (Å²) in [7, 11) is 4.12. The number of fused-ring (bicyclic) bond motifs is 1. The van der Waals surface area contributed by atoms with Crippen LogP contribution in [-0.4, -0.2) is 47.5 Å². The molecule has 2 aromatic carbocycles. The molecule has 1 heterocycles. The second kappa shape index (κ2) is 10.3. The van der Waals surface area contributed by atoms with Gasteiger partial charge in [0, 0.05) is 19.0 Å². The molecule has 0 bridgehead atoms. The lowest BCUT2D eigenvalue weighted by molar-refractivity contribution is -0.120. The first-order valence-corrected chi connectivity index (χ1v) is 10.5. The number of H-pyrrole nitrogens is 1. The molecular formula is C24H32N4O2. The van der Waals surface area contributed by atoms with Crippen molar-refractivity contribution in [3.8, 4) is 5.75 Å². The minimum Gasteiger partial charge on any atom is -0.494 e. The van der Waals surface area contributed by atoms with E-state index in [2.05, 4.69) is 46.4 Å². The van der Waals surface area contributed by atoms with Gasteiger partial charge in [-0.05, 0) is 69.8 Å². The average Bonchev–Trinajstić information content (AvgIpc) is 3.06. The smallest absolute Gasteiger partial charge is 0.224 e. The van der Waals surface area contributed by atoms with Gasteiger partial charge in [-0.1, -0.05) is 18.2 Å². The zero-order valence-corrected chi connectivity index (χ0v) is 18.4. The van der Waals surface area contributed by atoms with Crippen LogP contribution in [0.3, 0.4) is 0 Å². The van der Waals surface area contributed by atoms with Gasteiger partial charge < -0.3 is 19.9 Å². The summed E-state index contributed by atoms with van der Waals surface area (Å²) in [5, 5.41) is 2.92. The van der Waals surface area contributed by atoms with Gasteiger partial charge in [0.15, 0.2) is 0 Å². The molecule has 0 spiro atoms. The molecule has 0 aliphatic heterocycles. The summed E-state index contributed by atoms with van der Waals surface area (Å²) in [5.74, 6) is 1.88. The van der Waals surface area contributed by atoms with Crippen LogP contribution in [0.4, 0.5) is 0 Å². The number of nitrogens with one attached hydrogen (secondary N) is 2. The number of hydrogen-bond acceptors (Lipinski definition) is 4. The fourth-order valence-corrected chi connectivity index (χ4v) is 3.42. The van der Waals surface area contributed by atoms with Crippen LogP contribution in [0.25, 0.3) is 11.0 Å². The van der Waals surface area contributed by atoms with E-state index in [1.54, 1.807) is 0 Å². The average molecular weight is 409 g/mol. The van der Waals surface area contributed by atoms with Crippen molar-refractivity contribution in [3.05, 3.63) is 59.4 Å². The first-order valence-electron chi connectivity index (χ1n) is 10.5. The van der Waals surface area contributed by atoms with E-state index in [9.17, 15) is 4.79 Å². The quantitative estimate of drug-likeness (QED) is 0.502. The minimum absolute atomic E-state index is 0.0342. The summed E-state index contributed by atoms with van der Waals surface area (Å²) in [6.07, 6.45) is 2.06. The van der Waals surface area contributed by atoms with E-state index in [4.69, 9.17) is 4.74 Å². The number of amides is 1. The fourth-order valence-electron chi connectivity index (χ4n) is 3.42. The standard InChI is InChI=1S/C24H32N4O2/c1-17(2)25-24(29)15-18-10-11-21-22(14-18)27-23(26-21)9-6-12-30-20-8-5-7-19(13-20)16-28(3)4/h5,7-8,10-11,13-14,17H,6,9,12,15-16H2,1-4H3,(H,25,29)(H,26,27). The van der Waals surface area contributed by atoms with Gasteiger partial charge in [0.05, 0.1) is 24.1 Å². The third-order valence-electron chi connectivity index (χ3n) is 4.63. The maximum atomic E-state index is 12.0. The van der Waals surface area contributed by atoms with Crippen molar-refractivity contribution < 1.29 is 9.53 Å². The van der Waals surface area contributed by atoms with E-state index in [0.29, 0.717) is 13.0 Å². The Morgan fingerprint density at radius 1 is 1.17 bits per heavy atom. The lowest BCUT2D eigenvalue weighted by Crippen LogP contribution is -2.31. The van der Waals surface area contributed by atoms with Crippen molar-refractivity contribution in [2.45, 2.75) is 45.7 Å². The van der Waals surface area contributed by atoms with Gasteiger partial charge in [-0.3, -0.25) is 4.79 Å². The summed E-state index contributed by atoms with van der Waals surface area (Å²) in [5.41, 5.74) is 4.11. The highest BCUT2D eigenvalue weighted by Crippen LogP contribution is 2.17. The molecule has 6 nitrogen and oxygen atoms in total. The third kappa shape index (κ3) is 6.59. The van der Waals surface area contributed by atoms with Crippen molar-refractivity contribution in [1.29, 1.82) is 0 Å². The number of ether oxygens (including phenoxy) is 1. The van der Waals surface area contributed by atoms with Gasteiger partial charge in [-0.2, -0.15) is 0 Å². The Balaban J connectivity index is 1.51. The monoisotopic (exact) mass is 408 g/mol. The summed E-state index contributed by atoms with van der Waals surface area (Å²) in [4.78, 5) is 22.2. The van der Waals surface area contributed by atoms with E-state index in [1.165, 1.54) is 5.56 Å². The van der Waals surface area contributed by atoms with Crippen LogP contribution in [0.5, 0.6) is 5.75 Å². The molecule has 0 unspecified atom stereocenters. The van der Waals surface area contributed by atoms with Gasteiger partial charge in [0.2, 0.25) is 5.91 Å². The lowest BCUT2D eigenvalue weighted by Gasteiger charge is -2.11. The Labute approximate surface area is 178 Å². The van der Waals surface area contributed by atoms with E-state index in [0.717, 1.165) is 47.6 Å². The first-order chi connectivity index (χ1) is 14.4. The number of aromatic nitrogens is 2. The number of imidazole rings is 1. The van der Waals surface area contributed by atoms with Crippen molar-refractivity contribution in [2.24, 2.45) is 0 Å². The van der Waals surface area contributed by atoms with Crippen LogP contribution in [0.1, 0.15) is 37.2 Å². The van der Waals surface area contributed by atoms with Gasteiger partial charge in [-0.25, -0.2) is 4.98 Å². The summed E-state index contributed by atoms with van der Waals surface area (Å²) in [6.45, 7) is 5.47. The molecule has 0 fully saturated rings. The third-order valence-corrected chi connectivity index (χ3v) is 4.63. The Bertz CT molecular complexity index is 978. The number of aromatic amines is 1. The van der Waals surface area contributed by atoms with E-state index >= 15 is 0 Å². The number of rotatable bonds is 10. The largest absolute Gasteiger partial charge is 0.494 e. The van der Waals surface area contributed by atoms with Crippen LogP contribution < -0.4 is 10.1 Å². The van der Waals surface area contributed by atoms with Gasteiger partial charge >= 0.3 is 0 Å². The van der Waals surface area contributed by atoms with E-state index < -0.39 is 0 Å². The molecule has 1 amide bonds. The SMILES string of the molecule is CC(C)NC(=O)Cc1ccc2[nH]c(CCCOc3cccc(CN(C)C)c3)nc2c1. The number of aryl methyl sites for hydroxylation is 1.